The lowest BCUT2D eigenvalue weighted by atomic mass is 10.1. The van der Waals surface area contributed by atoms with E-state index in [1.54, 1.807) is 12.1 Å². The molecule has 4 rings (SSSR count). The molecule has 0 fully saturated rings. The molecule has 0 amide bonds. The highest BCUT2D eigenvalue weighted by atomic mass is 32.2. The van der Waals surface area contributed by atoms with Crippen molar-refractivity contribution >= 4 is 33.9 Å². The van der Waals surface area contributed by atoms with Crippen molar-refractivity contribution in [3.63, 3.8) is 0 Å². The maximum absolute atomic E-state index is 12.9. The minimum atomic E-state index is -0.279. The summed E-state index contributed by atoms with van der Waals surface area (Å²) >= 11 is 2.87. The van der Waals surface area contributed by atoms with Gasteiger partial charge in [-0.2, -0.15) is 4.98 Å². The topological polar surface area (TPSA) is 76.7 Å². The van der Waals surface area contributed by atoms with Crippen molar-refractivity contribution in [2.24, 2.45) is 0 Å². The maximum atomic E-state index is 12.9. The summed E-state index contributed by atoms with van der Waals surface area (Å²) in [7, 11) is 0. The maximum Gasteiger partial charge on any atom is 0.237 e. The predicted molar refractivity (Wildman–Crippen MR) is 104 cm³/mol. The largest absolute Gasteiger partial charge is 0.338 e. The van der Waals surface area contributed by atoms with Gasteiger partial charge in [0.05, 0.1) is 5.75 Å². The highest BCUT2D eigenvalue weighted by molar-refractivity contribution is 8.00. The van der Waals surface area contributed by atoms with Crippen molar-refractivity contribution in [1.29, 1.82) is 0 Å². The van der Waals surface area contributed by atoms with Crippen LogP contribution in [0, 0.1) is 12.7 Å². The average molecular weight is 399 g/mol. The number of rotatable bonds is 6. The third-order valence-electron chi connectivity index (χ3n) is 3.68. The Hall–Kier alpha value is -2.78. The molecule has 136 valence electrons. The van der Waals surface area contributed by atoms with Crippen molar-refractivity contribution < 1.29 is 8.91 Å². The summed E-state index contributed by atoms with van der Waals surface area (Å²) in [5.74, 6) is 1.34. The molecule has 2 aromatic carbocycles. The number of hydrogen-bond acceptors (Lipinski definition) is 8. The van der Waals surface area contributed by atoms with Crippen LogP contribution < -0.4 is 5.32 Å². The van der Waals surface area contributed by atoms with Gasteiger partial charge in [-0.25, -0.2) is 4.39 Å². The van der Waals surface area contributed by atoms with Gasteiger partial charge in [0.15, 0.2) is 4.34 Å². The van der Waals surface area contributed by atoms with Crippen molar-refractivity contribution in [3.8, 4) is 11.4 Å². The number of anilines is 2. The van der Waals surface area contributed by atoms with Crippen LogP contribution in [0.5, 0.6) is 0 Å². The normalized spacial score (nSPS) is 10.9. The number of nitrogens with zero attached hydrogens (tertiary/aromatic N) is 4. The quantitative estimate of drug-likeness (QED) is 0.454. The lowest BCUT2D eigenvalue weighted by Crippen LogP contribution is -1.89. The van der Waals surface area contributed by atoms with Crippen LogP contribution in [0.3, 0.4) is 0 Å². The van der Waals surface area contributed by atoms with Gasteiger partial charge >= 0.3 is 0 Å². The van der Waals surface area contributed by atoms with Crippen molar-refractivity contribution in [1.82, 2.24) is 20.3 Å². The SMILES string of the molecule is Cc1ccccc1-c1noc(CSc2nnc(Nc3ccc(F)cc3)s2)n1. The summed E-state index contributed by atoms with van der Waals surface area (Å²) in [5.41, 5.74) is 2.81. The third kappa shape index (κ3) is 4.32. The van der Waals surface area contributed by atoms with Crippen LogP contribution in [-0.2, 0) is 5.75 Å². The van der Waals surface area contributed by atoms with E-state index >= 15 is 0 Å². The van der Waals surface area contributed by atoms with Gasteiger partial charge in [-0.05, 0) is 36.8 Å². The number of nitrogens with one attached hydrogen (secondary N) is 1. The van der Waals surface area contributed by atoms with Gasteiger partial charge in [0.25, 0.3) is 0 Å². The fourth-order valence-corrected chi connectivity index (χ4v) is 3.96. The minimum Gasteiger partial charge on any atom is -0.338 e. The van der Waals surface area contributed by atoms with E-state index in [9.17, 15) is 4.39 Å². The lowest BCUT2D eigenvalue weighted by molar-refractivity contribution is 0.391. The second kappa shape index (κ2) is 7.85. The Kier molecular flexibility index (Phi) is 5.12. The number of hydrogen-bond donors (Lipinski definition) is 1. The smallest absolute Gasteiger partial charge is 0.237 e. The van der Waals surface area contributed by atoms with E-state index in [4.69, 9.17) is 4.52 Å². The van der Waals surface area contributed by atoms with Gasteiger partial charge in [0, 0.05) is 11.3 Å². The fourth-order valence-electron chi connectivity index (χ4n) is 2.35. The van der Waals surface area contributed by atoms with E-state index in [1.807, 2.05) is 31.2 Å². The molecule has 2 heterocycles. The van der Waals surface area contributed by atoms with E-state index < -0.39 is 0 Å². The van der Waals surface area contributed by atoms with Gasteiger partial charge in [-0.15, -0.1) is 10.2 Å². The van der Waals surface area contributed by atoms with Crippen molar-refractivity contribution in [2.45, 2.75) is 17.0 Å². The Morgan fingerprint density at radius 3 is 2.74 bits per heavy atom. The summed E-state index contributed by atoms with van der Waals surface area (Å²) in [6, 6.07) is 14.0. The number of aromatic nitrogens is 4. The molecular weight excluding hydrogens is 385 g/mol. The zero-order chi connectivity index (χ0) is 18.6. The van der Waals surface area contributed by atoms with Crippen LogP contribution in [0.15, 0.2) is 57.4 Å². The average Bonchev–Trinajstić information content (AvgIpc) is 3.32. The van der Waals surface area contributed by atoms with Gasteiger partial charge in [0.2, 0.25) is 16.8 Å². The molecule has 1 N–H and O–H groups in total. The van der Waals surface area contributed by atoms with E-state index in [0.29, 0.717) is 22.6 Å². The molecule has 0 aliphatic heterocycles. The predicted octanol–water partition coefficient (Wildman–Crippen LogP) is 5.07. The molecule has 0 unspecified atom stereocenters. The molecule has 0 bridgehead atoms. The van der Waals surface area contributed by atoms with E-state index in [1.165, 1.54) is 35.2 Å². The second-order valence-electron chi connectivity index (χ2n) is 5.62. The molecule has 0 spiro atoms. The molecule has 0 saturated heterocycles. The first kappa shape index (κ1) is 17.6. The first-order chi connectivity index (χ1) is 13.2. The molecule has 4 aromatic rings. The van der Waals surface area contributed by atoms with Gasteiger partial charge < -0.3 is 9.84 Å². The van der Waals surface area contributed by atoms with Gasteiger partial charge in [-0.3, -0.25) is 0 Å². The van der Waals surface area contributed by atoms with Gasteiger partial charge in [-0.1, -0.05) is 52.5 Å². The van der Waals surface area contributed by atoms with Crippen LogP contribution in [0.1, 0.15) is 11.5 Å². The molecule has 0 atom stereocenters. The van der Waals surface area contributed by atoms with E-state index in [2.05, 4.69) is 25.7 Å². The highest BCUT2D eigenvalue weighted by Gasteiger charge is 2.12. The molecule has 0 aliphatic rings. The zero-order valence-electron chi connectivity index (χ0n) is 14.2. The van der Waals surface area contributed by atoms with Crippen LogP contribution in [0.25, 0.3) is 11.4 Å². The standard InChI is InChI=1S/C18H14FN5OS2/c1-11-4-2-3-5-14(11)16-21-15(25-24-16)10-26-18-23-22-17(27-18)20-13-8-6-12(19)7-9-13/h2-9H,10H2,1H3,(H,20,22). The second-order valence-corrected chi connectivity index (χ2v) is 7.82. The van der Waals surface area contributed by atoms with Gasteiger partial charge in [0.1, 0.15) is 5.82 Å². The number of aryl methyl sites for hydroxylation is 1. The molecular formula is C18H14FN5OS2. The van der Waals surface area contributed by atoms with Crippen LogP contribution >= 0.6 is 23.1 Å². The minimum absolute atomic E-state index is 0.279. The summed E-state index contributed by atoms with van der Waals surface area (Å²) in [4.78, 5) is 4.45. The number of thioether (sulfide) groups is 1. The Labute approximate surface area is 162 Å². The highest BCUT2D eigenvalue weighted by Crippen LogP contribution is 2.30. The van der Waals surface area contributed by atoms with Crippen molar-refractivity contribution in [3.05, 3.63) is 65.8 Å². The van der Waals surface area contributed by atoms with E-state index in [0.717, 1.165) is 21.2 Å². The lowest BCUT2D eigenvalue weighted by Gasteiger charge is -2.00. The monoisotopic (exact) mass is 399 g/mol. The Bertz CT molecular complexity index is 1050. The Morgan fingerprint density at radius 2 is 1.93 bits per heavy atom. The zero-order valence-corrected chi connectivity index (χ0v) is 15.9. The molecule has 0 radical (unpaired) electrons. The molecule has 2 aromatic heterocycles. The van der Waals surface area contributed by atoms with Crippen LogP contribution in [0.2, 0.25) is 0 Å². The molecule has 0 saturated carbocycles. The van der Waals surface area contributed by atoms with Crippen LogP contribution in [-0.4, -0.2) is 20.3 Å². The summed E-state index contributed by atoms with van der Waals surface area (Å²) in [6.07, 6.45) is 0. The molecule has 9 heteroatoms. The van der Waals surface area contributed by atoms with E-state index in [-0.39, 0.29) is 5.82 Å². The summed E-state index contributed by atoms with van der Waals surface area (Å²) < 4.78 is 19.1. The first-order valence-electron chi connectivity index (χ1n) is 8.05. The van der Waals surface area contributed by atoms with Crippen LogP contribution in [0.4, 0.5) is 15.2 Å². The first-order valence-corrected chi connectivity index (χ1v) is 9.85. The van der Waals surface area contributed by atoms with Crippen molar-refractivity contribution in [2.75, 3.05) is 5.32 Å². The summed E-state index contributed by atoms with van der Waals surface area (Å²) in [5, 5.41) is 16.0. The summed E-state index contributed by atoms with van der Waals surface area (Å²) in [6.45, 7) is 2.01. The Balaban J connectivity index is 1.38. The number of benzene rings is 2. The molecule has 6 nitrogen and oxygen atoms in total. The third-order valence-corrected chi connectivity index (χ3v) is 5.63. The Morgan fingerprint density at radius 1 is 1.11 bits per heavy atom. The fraction of sp³-hybridized carbons (Fsp3) is 0.111. The molecule has 27 heavy (non-hydrogen) atoms. The number of halogens is 1. The molecule has 0 aliphatic carbocycles.